The van der Waals surface area contributed by atoms with Gasteiger partial charge < -0.3 is 10.0 Å². The molecule has 21 heavy (non-hydrogen) atoms. The number of hydrogen-bond donors (Lipinski definition) is 1. The maximum Gasteiger partial charge on any atom is 0.226 e. The monoisotopic (exact) mass is 293 g/mol. The molecule has 1 aromatic rings. The van der Waals surface area contributed by atoms with Crippen LogP contribution in [0.2, 0.25) is 0 Å². The van der Waals surface area contributed by atoms with Crippen molar-refractivity contribution in [3.63, 3.8) is 0 Å². The number of anilines is 1. The first-order chi connectivity index (χ1) is 10.0. The minimum absolute atomic E-state index is 0.0466. The van der Waals surface area contributed by atoms with Gasteiger partial charge in [0.2, 0.25) is 5.91 Å². The fraction of sp³-hybridized carbons (Fsp3) is 0.471. The van der Waals surface area contributed by atoms with Crippen molar-refractivity contribution in [2.45, 2.75) is 44.9 Å². The highest BCUT2D eigenvalue weighted by Gasteiger charge is 2.10. The molecule has 1 N–H and O–H groups in total. The summed E-state index contributed by atoms with van der Waals surface area (Å²) in [7, 11) is 1.71. The summed E-state index contributed by atoms with van der Waals surface area (Å²) >= 11 is 0. The zero-order valence-corrected chi connectivity index (χ0v) is 12.6. The lowest BCUT2D eigenvalue weighted by Gasteiger charge is -2.17. The highest BCUT2D eigenvalue weighted by molar-refractivity contribution is 5.92. The second-order valence-electron chi connectivity index (χ2n) is 5.26. The minimum atomic E-state index is -0.301. The average Bonchev–Trinajstić information content (AvgIpc) is 2.45. The largest absolute Gasteiger partial charge is 0.513 e. The molecule has 0 aromatic heterocycles. The van der Waals surface area contributed by atoms with Crippen LogP contribution in [-0.4, -0.2) is 18.1 Å². The van der Waals surface area contributed by atoms with Crippen LogP contribution in [0.1, 0.15) is 44.9 Å². The van der Waals surface area contributed by atoms with E-state index in [1.54, 1.807) is 24.1 Å². The first-order valence-corrected chi connectivity index (χ1v) is 7.39. The predicted molar refractivity (Wildman–Crippen MR) is 83.9 cm³/mol. The highest BCUT2D eigenvalue weighted by atomic mass is 19.1. The summed E-state index contributed by atoms with van der Waals surface area (Å²) in [5, 5.41) is 8.95. The van der Waals surface area contributed by atoms with Crippen LogP contribution < -0.4 is 4.90 Å². The fourth-order valence-corrected chi connectivity index (χ4v) is 2.11. The summed E-state index contributed by atoms with van der Waals surface area (Å²) in [4.78, 5) is 13.6. The molecule has 0 radical (unpaired) electrons. The second kappa shape index (κ2) is 9.16. The van der Waals surface area contributed by atoms with Gasteiger partial charge in [-0.2, -0.15) is 0 Å². The maximum absolute atomic E-state index is 12.8. The van der Waals surface area contributed by atoms with E-state index in [4.69, 9.17) is 5.11 Å². The number of hydrogen-bond acceptors (Lipinski definition) is 2. The molecule has 4 heteroatoms. The number of carbonyl (C=O) groups is 1. The van der Waals surface area contributed by atoms with Crippen LogP contribution in [-0.2, 0) is 4.79 Å². The summed E-state index contributed by atoms with van der Waals surface area (Å²) in [6.45, 7) is 3.45. The Kier molecular flexibility index (Phi) is 7.51. The molecule has 0 spiro atoms. The third kappa shape index (κ3) is 6.93. The molecule has 0 aliphatic heterocycles. The lowest BCUT2D eigenvalue weighted by atomic mass is 10.1. The summed E-state index contributed by atoms with van der Waals surface area (Å²) in [5.41, 5.74) is 0.711. The summed E-state index contributed by atoms with van der Waals surface area (Å²) in [6.07, 6.45) is 6.05. The van der Waals surface area contributed by atoms with E-state index in [-0.39, 0.29) is 17.5 Å². The van der Waals surface area contributed by atoms with E-state index in [9.17, 15) is 9.18 Å². The molecule has 0 saturated heterocycles. The zero-order chi connectivity index (χ0) is 15.7. The van der Waals surface area contributed by atoms with Gasteiger partial charge in [0.25, 0.3) is 0 Å². The third-order valence-electron chi connectivity index (χ3n) is 3.44. The van der Waals surface area contributed by atoms with Gasteiger partial charge in [-0.25, -0.2) is 4.39 Å². The number of allylic oxidation sites excluding steroid dienone is 1. The molecular formula is C17H24FNO2. The number of unbranched alkanes of at least 4 members (excludes halogenated alkanes) is 4. The smallest absolute Gasteiger partial charge is 0.226 e. The Morgan fingerprint density at radius 3 is 2.19 bits per heavy atom. The summed E-state index contributed by atoms with van der Waals surface area (Å²) in [5.74, 6) is -0.0124. The molecule has 0 heterocycles. The Morgan fingerprint density at radius 2 is 1.62 bits per heavy atom. The van der Waals surface area contributed by atoms with Crippen LogP contribution in [0.3, 0.4) is 0 Å². The predicted octanol–water partition coefficient (Wildman–Crippen LogP) is 4.59. The number of aliphatic hydroxyl groups excluding tert-OH is 1. The summed E-state index contributed by atoms with van der Waals surface area (Å²) in [6, 6.07) is 5.92. The van der Waals surface area contributed by atoms with E-state index in [2.05, 4.69) is 6.58 Å². The number of carbonyl (C=O) groups excluding carboxylic acids is 1. The van der Waals surface area contributed by atoms with Crippen molar-refractivity contribution in [2.24, 2.45) is 0 Å². The van der Waals surface area contributed by atoms with E-state index < -0.39 is 0 Å². The highest BCUT2D eigenvalue weighted by Crippen LogP contribution is 2.16. The molecule has 116 valence electrons. The van der Waals surface area contributed by atoms with Gasteiger partial charge in [0.1, 0.15) is 5.82 Å². The Balaban J connectivity index is 2.18. The molecule has 1 amide bonds. The second-order valence-corrected chi connectivity index (χ2v) is 5.26. The molecule has 0 aliphatic carbocycles. The first kappa shape index (κ1) is 17.2. The van der Waals surface area contributed by atoms with E-state index in [0.717, 1.165) is 32.1 Å². The topological polar surface area (TPSA) is 40.5 Å². The molecule has 1 aromatic carbocycles. The fourth-order valence-electron chi connectivity index (χ4n) is 2.11. The van der Waals surface area contributed by atoms with E-state index in [1.807, 2.05) is 0 Å². The first-order valence-electron chi connectivity index (χ1n) is 7.39. The van der Waals surface area contributed by atoms with Gasteiger partial charge in [0, 0.05) is 25.6 Å². The van der Waals surface area contributed by atoms with Gasteiger partial charge in [0.05, 0.1) is 5.76 Å². The molecule has 1 rings (SSSR count). The number of nitrogens with zero attached hydrogens (tertiary/aromatic N) is 1. The lowest BCUT2D eigenvalue weighted by Crippen LogP contribution is -2.25. The molecule has 0 unspecified atom stereocenters. The zero-order valence-electron chi connectivity index (χ0n) is 12.6. The van der Waals surface area contributed by atoms with E-state index >= 15 is 0 Å². The van der Waals surface area contributed by atoms with Crippen molar-refractivity contribution in [1.29, 1.82) is 0 Å². The number of rotatable bonds is 9. The summed E-state index contributed by atoms with van der Waals surface area (Å²) < 4.78 is 12.8. The van der Waals surface area contributed by atoms with Crippen LogP contribution in [0.15, 0.2) is 36.6 Å². The molecule has 0 bridgehead atoms. The van der Waals surface area contributed by atoms with Crippen molar-refractivity contribution >= 4 is 11.6 Å². The van der Waals surface area contributed by atoms with Gasteiger partial charge >= 0.3 is 0 Å². The Labute approximate surface area is 126 Å². The normalized spacial score (nSPS) is 10.4. The maximum atomic E-state index is 12.8. The molecule has 0 saturated carbocycles. The Bertz CT molecular complexity index is 456. The Morgan fingerprint density at radius 1 is 1.10 bits per heavy atom. The SMILES string of the molecule is C=C(O)CCCCCCCC(=O)N(C)c1ccc(F)cc1. The van der Waals surface area contributed by atoms with E-state index in [0.29, 0.717) is 18.5 Å². The Hall–Kier alpha value is -1.84. The average molecular weight is 293 g/mol. The van der Waals surface area contributed by atoms with E-state index in [1.165, 1.54) is 12.1 Å². The van der Waals surface area contributed by atoms with Crippen molar-refractivity contribution in [3.8, 4) is 0 Å². The molecule has 0 fully saturated rings. The molecule has 0 atom stereocenters. The van der Waals surface area contributed by atoms with Gasteiger partial charge in [-0.15, -0.1) is 0 Å². The van der Waals surface area contributed by atoms with Crippen LogP contribution in [0.5, 0.6) is 0 Å². The van der Waals surface area contributed by atoms with Gasteiger partial charge in [-0.1, -0.05) is 25.8 Å². The standard InChI is InChI=1S/C17H24FNO2/c1-14(20)8-6-4-3-5-7-9-17(21)19(2)16-12-10-15(18)11-13-16/h10-13,20H,1,3-9H2,2H3. The number of aliphatic hydroxyl groups is 1. The molecule has 0 aliphatic rings. The van der Waals surface area contributed by atoms with Crippen molar-refractivity contribution < 1.29 is 14.3 Å². The van der Waals surface area contributed by atoms with Crippen LogP contribution >= 0.6 is 0 Å². The van der Waals surface area contributed by atoms with Crippen molar-refractivity contribution in [1.82, 2.24) is 0 Å². The van der Waals surface area contributed by atoms with Gasteiger partial charge in [0.15, 0.2) is 0 Å². The van der Waals surface area contributed by atoms with Crippen molar-refractivity contribution in [2.75, 3.05) is 11.9 Å². The van der Waals surface area contributed by atoms with Gasteiger partial charge in [-0.3, -0.25) is 4.79 Å². The lowest BCUT2D eigenvalue weighted by molar-refractivity contribution is -0.118. The minimum Gasteiger partial charge on any atom is -0.513 e. The molecular weight excluding hydrogens is 269 g/mol. The number of benzene rings is 1. The van der Waals surface area contributed by atoms with Crippen LogP contribution in [0.25, 0.3) is 0 Å². The number of amides is 1. The third-order valence-corrected chi connectivity index (χ3v) is 3.44. The number of halogens is 1. The molecule has 3 nitrogen and oxygen atoms in total. The van der Waals surface area contributed by atoms with Crippen molar-refractivity contribution in [3.05, 3.63) is 42.4 Å². The van der Waals surface area contributed by atoms with Gasteiger partial charge in [-0.05, 0) is 37.1 Å². The van der Waals surface area contributed by atoms with Crippen LogP contribution in [0.4, 0.5) is 10.1 Å². The van der Waals surface area contributed by atoms with Crippen LogP contribution in [0, 0.1) is 5.82 Å². The quantitative estimate of drug-likeness (QED) is 0.534.